The minimum absolute atomic E-state index is 0.730. The predicted octanol–water partition coefficient (Wildman–Crippen LogP) is 11.6. The standard InChI is InChI=1S/C51H34N6O/c1-53-42-23-10-8-21-39(42)46-47-40-22-9-11-24-43(40)56(35-17-6-3-7-18-35)50(47)51-48(49(46)53)41-27-26-38(32-44(41)57(51)45-25-12-13-28-52-45)58-37-20-14-19-36(31-37)55-30-29-54(33-55)34-15-4-2-5-16-34/h2-32H,1H3. The number of aryl methyl sites for hydroxylation is 1. The van der Waals surface area contributed by atoms with Gasteiger partial charge in [-0.1, -0.05) is 84.9 Å². The zero-order valence-corrected chi connectivity index (χ0v) is 31.5. The van der Waals surface area contributed by atoms with Crippen LogP contribution < -0.4 is 9.30 Å². The van der Waals surface area contributed by atoms with Crippen LogP contribution in [0.1, 0.15) is 0 Å². The van der Waals surface area contributed by atoms with Crippen LogP contribution in [0.4, 0.5) is 0 Å². The Bertz CT molecular complexity index is 3540. The molecule has 0 aliphatic carbocycles. The monoisotopic (exact) mass is 746 g/mol. The maximum atomic E-state index is 6.74. The van der Waals surface area contributed by atoms with Crippen molar-refractivity contribution in [2.45, 2.75) is 0 Å². The summed E-state index contributed by atoms with van der Waals surface area (Å²) in [4.78, 5) is 5.01. The molecule has 274 valence electrons. The molecule has 0 saturated carbocycles. The van der Waals surface area contributed by atoms with Crippen LogP contribution in [0.2, 0.25) is 0 Å². The van der Waals surface area contributed by atoms with Crippen molar-refractivity contribution in [3.8, 4) is 34.4 Å². The zero-order valence-electron chi connectivity index (χ0n) is 31.5. The van der Waals surface area contributed by atoms with Gasteiger partial charge in [0.15, 0.2) is 0 Å². The highest BCUT2D eigenvalue weighted by Crippen LogP contribution is 2.49. The van der Waals surface area contributed by atoms with Gasteiger partial charge >= 0.3 is 0 Å². The minimum Gasteiger partial charge on any atom is -0.458 e. The van der Waals surface area contributed by atoms with Gasteiger partial charge in [0, 0.05) is 75.2 Å². The molecular formula is C51H34N6O. The summed E-state index contributed by atoms with van der Waals surface area (Å²) in [5, 5.41) is 7.21. The number of hydrogen-bond donors (Lipinski definition) is 0. The number of rotatable bonds is 6. The van der Waals surface area contributed by atoms with E-state index >= 15 is 0 Å². The van der Waals surface area contributed by atoms with Crippen molar-refractivity contribution in [1.29, 1.82) is 0 Å². The van der Waals surface area contributed by atoms with Gasteiger partial charge in [-0.3, -0.25) is 13.7 Å². The zero-order chi connectivity index (χ0) is 38.3. The average molecular weight is 747 g/mol. The highest BCUT2D eigenvalue weighted by molar-refractivity contribution is 6.40. The number of para-hydroxylation sites is 4. The molecular weight excluding hydrogens is 713 g/mol. The first-order chi connectivity index (χ1) is 28.7. The molecule has 0 amide bonds. The van der Waals surface area contributed by atoms with E-state index in [2.05, 4.69) is 154 Å². The summed E-state index contributed by atoms with van der Waals surface area (Å²) in [6.45, 7) is 0. The topological polar surface area (TPSA) is 45.7 Å². The summed E-state index contributed by atoms with van der Waals surface area (Å²) in [7, 11) is 2.20. The van der Waals surface area contributed by atoms with Gasteiger partial charge in [-0.25, -0.2) is 4.98 Å². The molecule has 0 saturated heterocycles. The summed E-state index contributed by atoms with van der Waals surface area (Å²) in [5.74, 6) is 2.29. The molecule has 0 spiro atoms. The molecule has 7 aromatic carbocycles. The molecule has 5 heterocycles. The van der Waals surface area contributed by atoms with Crippen molar-refractivity contribution in [3.63, 3.8) is 0 Å². The predicted molar refractivity (Wildman–Crippen MR) is 233 cm³/mol. The lowest BCUT2D eigenvalue weighted by Crippen LogP contribution is -2.28. The Morgan fingerprint density at radius 3 is 1.97 bits per heavy atom. The van der Waals surface area contributed by atoms with Crippen molar-refractivity contribution in [2.24, 2.45) is 7.05 Å². The lowest BCUT2D eigenvalue weighted by molar-refractivity contribution is -0.599. The molecule has 12 aromatic rings. The molecule has 5 aromatic heterocycles. The van der Waals surface area contributed by atoms with Crippen LogP contribution >= 0.6 is 0 Å². The molecule has 7 heteroatoms. The number of hydrogen-bond acceptors (Lipinski definition) is 2. The van der Waals surface area contributed by atoms with Gasteiger partial charge in [-0.2, -0.15) is 0 Å². The Balaban J connectivity index is 1.15. The molecule has 58 heavy (non-hydrogen) atoms. The molecule has 0 atom stereocenters. The molecule has 0 N–H and O–H groups in total. The second kappa shape index (κ2) is 12.6. The van der Waals surface area contributed by atoms with Crippen LogP contribution in [-0.2, 0) is 7.05 Å². The van der Waals surface area contributed by atoms with Gasteiger partial charge in [0.05, 0.1) is 39.0 Å². The number of nitrogens with zero attached hydrogens (tertiary/aromatic N) is 6. The third-order valence-electron chi connectivity index (χ3n) is 11.5. The largest absolute Gasteiger partial charge is 0.458 e. The highest BCUT2D eigenvalue weighted by atomic mass is 16.5. The number of pyridine rings is 1. The lowest BCUT2D eigenvalue weighted by atomic mass is 10.0. The molecule has 0 aliphatic heterocycles. The van der Waals surface area contributed by atoms with Gasteiger partial charge in [-0.15, -0.1) is 0 Å². The van der Waals surface area contributed by atoms with Crippen LogP contribution in [0.3, 0.4) is 0 Å². The lowest BCUT2D eigenvalue weighted by Gasteiger charge is -2.13. The van der Waals surface area contributed by atoms with Crippen molar-refractivity contribution in [1.82, 2.24) is 23.3 Å². The van der Waals surface area contributed by atoms with Gasteiger partial charge in [-0.05, 0) is 78.9 Å². The highest BCUT2D eigenvalue weighted by Gasteiger charge is 2.28. The Morgan fingerprint density at radius 2 is 1.17 bits per heavy atom. The Labute approximate surface area is 333 Å². The molecule has 12 rings (SSSR count). The summed E-state index contributed by atoms with van der Waals surface area (Å²) >= 11 is 0. The normalized spacial score (nSPS) is 11.9. The Kier molecular flexibility index (Phi) is 7.01. The van der Waals surface area contributed by atoms with Crippen LogP contribution in [0, 0.1) is 6.33 Å². The van der Waals surface area contributed by atoms with Crippen molar-refractivity contribution < 1.29 is 9.30 Å². The first-order valence-corrected chi connectivity index (χ1v) is 19.4. The Hall–Kier alpha value is -7.90. The molecule has 0 fully saturated rings. The molecule has 0 aliphatic rings. The van der Waals surface area contributed by atoms with E-state index < -0.39 is 0 Å². The average Bonchev–Trinajstić information content (AvgIpc) is 4.06. The number of fused-ring (bicyclic) bond motifs is 12. The third kappa shape index (κ3) is 4.74. The van der Waals surface area contributed by atoms with Gasteiger partial charge in [0.1, 0.15) is 17.3 Å². The number of aromatic nitrogens is 6. The fourth-order valence-electron chi connectivity index (χ4n) is 9.05. The van der Waals surface area contributed by atoms with E-state index in [4.69, 9.17) is 9.72 Å². The number of imidazole rings is 1. The molecule has 0 radical (unpaired) electrons. The van der Waals surface area contributed by atoms with Crippen LogP contribution in [-0.4, -0.2) is 23.3 Å². The summed E-state index contributed by atoms with van der Waals surface area (Å²) < 4.78 is 17.9. The van der Waals surface area contributed by atoms with Crippen molar-refractivity contribution in [3.05, 3.63) is 195 Å². The van der Waals surface area contributed by atoms with Crippen molar-refractivity contribution in [2.75, 3.05) is 0 Å². The summed E-state index contributed by atoms with van der Waals surface area (Å²) in [6, 6.07) is 59.2. The van der Waals surface area contributed by atoms with Crippen LogP contribution in [0.5, 0.6) is 11.5 Å². The van der Waals surface area contributed by atoms with Gasteiger partial charge in [0.25, 0.3) is 6.33 Å². The minimum atomic E-state index is 0.730. The number of benzene rings is 7. The van der Waals surface area contributed by atoms with E-state index in [9.17, 15) is 0 Å². The molecule has 7 nitrogen and oxygen atoms in total. The summed E-state index contributed by atoms with van der Waals surface area (Å²) in [6.07, 6.45) is 9.32. The Morgan fingerprint density at radius 1 is 0.517 bits per heavy atom. The second-order valence-corrected chi connectivity index (χ2v) is 14.7. The van der Waals surface area contributed by atoms with E-state index in [1.807, 2.05) is 70.2 Å². The first-order valence-electron chi connectivity index (χ1n) is 19.4. The van der Waals surface area contributed by atoms with E-state index in [-0.39, 0.29) is 0 Å². The SMILES string of the molecule is Cn1c2ccccc2c2c3c4ccccc4n(-c4ccccc4)c3c3c(c4ccc(Oc5cccc(-[n+]6[c-]n(-c7ccccc7)cc6)c5)cc4n3-c3ccccn3)c21. The second-order valence-electron chi connectivity index (χ2n) is 14.7. The third-order valence-corrected chi connectivity index (χ3v) is 11.5. The fraction of sp³-hybridized carbons (Fsp3) is 0.0196. The maximum Gasteiger partial charge on any atom is 0.268 e. The quantitative estimate of drug-likeness (QED) is 0.126. The van der Waals surface area contributed by atoms with Crippen molar-refractivity contribution >= 4 is 65.4 Å². The number of ether oxygens (including phenoxy) is 1. The summed E-state index contributed by atoms with van der Waals surface area (Å²) in [5.41, 5.74) is 9.88. The first kappa shape index (κ1) is 32.4. The van der Waals surface area contributed by atoms with E-state index in [1.54, 1.807) is 0 Å². The van der Waals surface area contributed by atoms with E-state index in [0.717, 1.165) is 61.8 Å². The molecule has 0 unspecified atom stereocenters. The maximum absolute atomic E-state index is 6.74. The van der Waals surface area contributed by atoms with Crippen LogP contribution in [0.15, 0.2) is 188 Å². The van der Waals surface area contributed by atoms with E-state index in [1.165, 1.54) is 38.0 Å². The van der Waals surface area contributed by atoms with Crippen LogP contribution in [0.25, 0.3) is 88.3 Å². The van der Waals surface area contributed by atoms with Gasteiger partial charge < -0.3 is 13.9 Å². The fourth-order valence-corrected chi connectivity index (χ4v) is 9.05. The smallest absolute Gasteiger partial charge is 0.268 e. The van der Waals surface area contributed by atoms with E-state index in [0.29, 0.717) is 0 Å². The van der Waals surface area contributed by atoms with Gasteiger partial charge in [0.2, 0.25) is 0 Å². The molecule has 0 bridgehead atoms.